The van der Waals surface area contributed by atoms with Crippen molar-refractivity contribution in [1.82, 2.24) is 67.9 Å². The lowest BCUT2D eigenvalue weighted by molar-refractivity contribution is -0.149. The first-order valence-electron chi connectivity index (χ1n) is 36.3. The van der Waals surface area contributed by atoms with Crippen molar-refractivity contribution in [3.63, 3.8) is 0 Å². The second kappa shape index (κ2) is 42.8. The monoisotopic (exact) mass is 1570 g/mol. The number of nitrogens with one attached hydrogen (secondary N) is 10. The zero-order valence-corrected chi connectivity index (χ0v) is 63.1. The number of nitrogens with zero attached hydrogens (tertiary/aromatic N) is 4. The smallest absolute Gasteiger partial charge is 0.326 e. The zero-order valence-electron chi connectivity index (χ0n) is 61.5. The summed E-state index contributed by atoms with van der Waals surface area (Å²) in [5.41, 5.74) is 17.5. The average molecular weight is 1570 g/mol. The summed E-state index contributed by atoms with van der Waals surface area (Å²) >= 11 is 0. The van der Waals surface area contributed by atoms with Crippen LogP contribution in [0.2, 0.25) is 0 Å². The number of phenolic OH excluding ortho intramolecular Hbond substituents is 1. The fourth-order valence-electron chi connectivity index (χ4n) is 12.9. The summed E-state index contributed by atoms with van der Waals surface area (Å²) in [7, 11) is 1.62. The Kier molecular flexibility index (Phi) is 34.6. The van der Waals surface area contributed by atoms with Crippen LogP contribution in [-0.2, 0) is 84.8 Å². The fourth-order valence-corrected chi connectivity index (χ4v) is 15.3. The minimum Gasteiger partial charge on any atom is -0.508 e. The van der Waals surface area contributed by atoms with Crippen LogP contribution in [0.5, 0.6) is 5.75 Å². The Bertz CT molecular complexity index is 3600. The Balaban J connectivity index is 1.46. The summed E-state index contributed by atoms with van der Waals surface area (Å²) < 4.78 is 0. The average Bonchev–Trinajstić information content (AvgIpc) is 1.68. The summed E-state index contributed by atoms with van der Waals surface area (Å²) in [6.07, 6.45) is -1.82. The van der Waals surface area contributed by atoms with Gasteiger partial charge < -0.3 is 111 Å². The normalized spacial score (nSPS) is 24.8. The van der Waals surface area contributed by atoms with Crippen LogP contribution in [-0.4, -0.2) is 270 Å². The number of aliphatic imine (C=N–C) groups is 1. The molecule has 4 aliphatic heterocycles. The Morgan fingerprint density at radius 3 is 1.82 bits per heavy atom. The quantitative estimate of drug-likeness (QED) is 0.0182. The van der Waals surface area contributed by atoms with E-state index in [9.17, 15) is 83.1 Å². The Labute approximate surface area is 637 Å². The maximum atomic E-state index is 15.3. The van der Waals surface area contributed by atoms with Crippen LogP contribution in [0.4, 0.5) is 0 Å². The highest BCUT2D eigenvalue weighted by molar-refractivity contribution is 8.76. The molecule has 0 radical (unpaired) electrons. The minimum absolute atomic E-state index is 0.00589. The molecular weight excluding hydrogens is 1460 g/mol. The molecule has 16 atom stereocenters. The molecule has 0 spiro atoms. The highest BCUT2D eigenvalue weighted by Crippen LogP contribution is 2.29. The van der Waals surface area contributed by atoms with E-state index in [0.29, 0.717) is 30.4 Å². The van der Waals surface area contributed by atoms with E-state index in [1.165, 1.54) is 34.1 Å². The van der Waals surface area contributed by atoms with Gasteiger partial charge in [-0.15, -0.1) is 0 Å². The molecule has 4 aliphatic rings. The molecule has 4 heterocycles. The van der Waals surface area contributed by atoms with Crippen LogP contribution in [0, 0.1) is 11.8 Å². The topological polar surface area (TPSA) is 578 Å². The molecule has 39 heteroatoms. The van der Waals surface area contributed by atoms with E-state index in [1.54, 1.807) is 58.0 Å². The van der Waals surface area contributed by atoms with Crippen molar-refractivity contribution in [2.24, 2.45) is 34.0 Å². The van der Waals surface area contributed by atoms with Gasteiger partial charge in [0.1, 0.15) is 84.3 Å². The van der Waals surface area contributed by atoms with E-state index < -0.39 is 223 Å². The lowest BCUT2D eigenvalue weighted by Crippen LogP contribution is -2.63. The lowest BCUT2D eigenvalue weighted by Gasteiger charge is -2.35. The molecule has 4 saturated heterocycles. The molecule has 21 N–H and O–H groups in total. The molecular formula is C70H103N17O20S2. The summed E-state index contributed by atoms with van der Waals surface area (Å²) in [4.78, 5) is 221. The molecule has 13 amide bonds. The summed E-state index contributed by atoms with van der Waals surface area (Å²) in [6, 6.07) is -6.66. The van der Waals surface area contributed by atoms with Crippen LogP contribution in [0.3, 0.4) is 0 Å². The van der Waals surface area contributed by atoms with Gasteiger partial charge in [-0.2, -0.15) is 0 Å². The number of nitrogens with two attached hydrogens (primary N) is 3. The van der Waals surface area contributed by atoms with Crippen LogP contribution in [0.15, 0.2) is 59.6 Å². The summed E-state index contributed by atoms with van der Waals surface area (Å²) in [5, 5.41) is 77.0. The lowest BCUT2D eigenvalue weighted by atomic mass is 9.96. The van der Waals surface area contributed by atoms with Gasteiger partial charge in [-0.05, 0) is 93.4 Å². The van der Waals surface area contributed by atoms with Crippen LogP contribution in [0.1, 0.15) is 116 Å². The third-order valence-electron chi connectivity index (χ3n) is 19.4. The van der Waals surface area contributed by atoms with Gasteiger partial charge in [0.2, 0.25) is 76.8 Å². The Hall–Kier alpha value is -9.86. The number of amides is 13. The molecule has 0 aliphatic carbocycles. The first kappa shape index (κ1) is 88.0. The number of rotatable bonds is 26. The second-order valence-electron chi connectivity index (χ2n) is 27.4. The maximum Gasteiger partial charge on any atom is 0.326 e. The highest BCUT2D eigenvalue weighted by Gasteiger charge is 2.47. The van der Waals surface area contributed by atoms with E-state index in [4.69, 9.17) is 17.2 Å². The number of carbonyl (C=O) groups is 15. The SMILES string of the molecule is CC[C@H](C)[C@@H]1NC(=O)[C@@H]2CCCN2C(=O)[C@@H]2CCCN2C(=O)[C@H]([C@@H](C)CC)NC(=O)[C@H](CO)NC(=O)[C@H](Cc2ccc(O)cc2)NC(=O)[C@H]([C@@H](C)O)NC(=O)[C@@H](NC(=O)[C@H](CCCN=C(N)N)NC(=O)CN)CSSC[C@@H](C(=O)N[C@@H](Cc2ccccc2)C(=O)N2CCC[C@H]2C(=O)N[C@@H](CC(=O)O)C(=O)O)NC1=O. The molecule has 0 bridgehead atoms. The van der Waals surface area contributed by atoms with Crippen LogP contribution < -0.4 is 70.4 Å². The van der Waals surface area contributed by atoms with Gasteiger partial charge in [0.05, 0.1) is 25.7 Å². The molecule has 0 unspecified atom stereocenters. The molecule has 2 aromatic rings. The van der Waals surface area contributed by atoms with Gasteiger partial charge >= 0.3 is 11.9 Å². The van der Waals surface area contributed by atoms with Crippen molar-refractivity contribution < 1.29 is 97.5 Å². The molecule has 0 saturated carbocycles. The number of hydrogen-bond donors (Lipinski definition) is 18. The number of aliphatic hydroxyl groups excluding tert-OH is 2. The molecule has 109 heavy (non-hydrogen) atoms. The van der Waals surface area contributed by atoms with Gasteiger partial charge in [-0.1, -0.05) is 105 Å². The number of likely N-dealkylation sites (tertiary alicyclic amines) is 1. The molecule has 4 fully saturated rings. The molecule has 0 aromatic heterocycles. The predicted molar refractivity (Wildman–Crippen MR) is 397 cm³/mol. The second-order valence-corrected chi connectivity index (χ2v) is 30.0. The number of benzene rings is 2. The van der Waals surface area contributed by atoms with Gasteiger partial charge in [0.15, 0.2) is 5.96 Å². The van der Waals surface area contributed by atoms with Gasteiger partial charge in [-0.25, -0.2) is 4.79 Å². The van der Waals surface area contributed by atoms with E-state index >= 15 is 14.4 Å². The number of phenols is 1. The van der Waals surface area contributed by atoms with Crippen molar-refractivity contribution in [3.05, 3.63) is 65.7 Å². The first-order chi connectivity index (χ1) is 51.8. The van der Waals surface area contributed by atoms with E-state index in [1.807, 2.05) is 0 Å². The van der Waals surface area contributed by atoms with E-state index in [2.05, 4.69) is 58.2 Å². The predicted octanol–water partition coefficient (Wildman–Crippen LogP) is -4.57. The first-order valence-corrected chi connectivity index (χ1v) is 38.8. The van der Waals surface area contributed by atoms with E-state index in [0.717, 1.165) is 33.4 Å². The molecule has 37 nitrogen and oxygen atoms in total. The third kappa shape index (κ3) is 25.6. The Morgan fingerprint density at radius 1 is 0.624 bits per heavy atom. The largest absolute Gasteiger partial charge is 0.508 e. The number of aliphatic carboxylic acids is 2. The van der Waals surface area contributed by atoms with Crippen molar-refractivity contribution in [3.8, 4) is 5.75 Å². The maximum absolute atomic E-state index is 15.3. The zero-order chi connectivity index (χ0) is 80.3. The number of carboxylic acids is 2. The van der Waals surface area contributed by atoms with E-state index in [-0.39, 0.29) is 89.3 Å². The third-order valence-corrected chi connectivity index (χ3v) is 21.9. The fraction of sp³-hybridized carbons (Fsp3) is 0.600. The number of carboxylic acid groups (broad SMARTS) is 2. The summed E-state index contributed by atoms with van der Waals surface area (Å²) in [6.45, 7) is 6.25. The number of carbonyl (C=O) groups excluding carboxylic acids is 13. The molecule has 2 aromatic carbocycles. The minimum atomic E-state index is -1.99. The summed E-state index contributed by atoms with van der Waals surface area (Å²) in [5.74, 6) is -18.1. The van der Waals surface area contributed by atoms with Crippen molar-refractivity contribution in [1.29, 1.82) is 0 Å². The molecule has 6 rings (SSSR count). The number of aliphatic hydroxyl groups is 2. The van der Waals surface area contributed by atoms with Crippen molar-refractivity contribution >= 4 is 116 Å². The van der Waals surface area contributed by atoms with Crippen molar-refractivity contribution in [2.45, 2.75) is 203 Å². The number of fused-ring (bicyclic) bond motifs is 2. The highest BCUT2D eigenvalue weighted by atomic mass is 33.1. The van der Waals surface area contributed by atoms with Gasteiger partial charge in [-0.3, -0.25) is 72.1 Å². The molecule has 600 valence electrons. The Morgan fingerprint density at radius 2 is 1.20 bits per heavy atom. The van der Waals surface area contributed by atoms with Gasteiger partial charge in [0.25, 0.3) is 0 Å². The number of guanidine groups is 1. The van der Waals surface area contributed by atoms with Crippen molar-refractivity contribution in [2.75, 3.05) is 50.8 Å². The van der Waals surface area contributed by atoms with Crippen LogP contribution >= 0.6 is 21.6 Å². The van der Waals surface area contributed by atoms with Crippen LogP contribution in [0.25, 0.3) is 0 Å². The number of aromatic hydroxyl groups is 1. The number of hydrogen-bond acceptors (Lipinski definition) is 22. The van der Waals surface area contributed by atoms with Gasteiger partial charge in [0, 0.05) is 50.5 Å². The standard InChI is InChI=1S/C70H103N17O20S2/c1-6-36(3)54-64(101)81-47(60(97)77-44(30-39-15-9-8-10-16-39)66(103)85-26-12-18-49(85)62(99)78-45(69(106)107)31-53(92)93)34-108-109-35-48(80-57(94)42(75-52(91)32-71)17-11-25-74-70(72)73)61(98)84-56(38(5)89)65(102)76-43(29-40-21-23-41(90)24-22-40)58(95)79-46(33-88)59(96)83-55(37(4)7-2)68(105)87-28-14-20-51(87)67(104)86-27-13-19-50(86)63(100)82-54/h8-10,15-16,21-24,36-38,42-51,54-56,88-90H,6-7,11-14,17-20,25-35,71H2,1-5H3,(H,75,91)(H,76,102)(H,77,97)(H,78,99)(H,79,95)(H,80,94)(H,81,101)(H,82,100)(H,83,96)(H,84,98)(H,92,93)(H,106,107)(H4,72,73,74)/t36-,37-,38+,42-,43-,44-,45-,46-,47-,48-,49-,50-,51-,54-,55-,56-/m0/s1.